The Morgan fingerprint density at radius 3 is 3.14 bits per heavy atom. The number of guanidine groups is 1. The van der Waals surface area contributed by atoms with E-state index in [9.17, 15) is 0 Å². The lowest BCUT2D eigenvalue weighted by Gasteiger charge is -2.34. The highest BCUT2D eigenvalue weighted by atomic mass is 16.5. The van der Waals surface area contributed by atoms with Gasteiger partial charge in [-0.3, -0.25) is 9.67 Å². The van der Waals surface area contributed by atoms with Crippen molar-refractivity contribution in [1.29, 1.82) is 0 Å². The molecule has 124 valence electrons. The topological polar surface area (TPSA) is 63.9 Å². The normalized spacial score (nSPS) is 19.5. The van der Waals surface area contributed by atoms with E-state index in [0.717, 1.165) is 50.8 Å². The largest absolute Gasteiger partial charge is 0.382 e. The third-order valence-electron chi connectivity index (χ3n) is 3.63. The van der Waals surface area contributed by atoms with E-state index < -0.39 is 0 Å². The molecule has 2 rings (SSSR count). The minimum absolute atomic E-state index is 0.0458. The molecule has 1 aliphatic heterocycles. The summed E-state index contributed by atoms with van der Waals surface area (Å²) in [4.78, 5) is 6.62. The highest BCUT2D eigenvalue weighted by molar-refractivity contribution is 5.80. The van der Waals surface area contributed by atoms with Crippen molar-refractivity contribution >= 4 is 5.96 Å². The van der Waals surface area contributed by atoms with Gasteiger partial charge in [0.15, 0.2) is 5.96 Å². The molecule has 1 atom stereocenters. The first kappa shape index (κ1) is 16.8. The standard InChI is InChI=1S/C15H27N5O2/c1-4-21-8-5-6-17-15(16-2)20-7-9-22-14(12-20)13-10-18-19(3)11-13/h10-11,14H,4-9,12H2,1-3H3,(H,16,17). The van der Waals surface area contributed by atoms with Gasteiger partial charge in [-0.05, 0) is 13.3 Å². The van der Waals surface area contributed by atoms with Crippen molar-refractivity contribution < 1.29 is 9.47 Å². The van der Waals surface area contributed by atoms with Crippen LogP contribution < -0.4 is 5.32 Å². The Kier molecular flexibility index (Phi) is 6.67. The van der Waals surface area contributed by atoms with E-state index in [0.29, 0.717) is 6.61 Å². The van der Waals surface area contributed by atoms with E-state index in [1.54, 1.807) is 4.68 Å². The predicted octanol–water partition coefficient (Wildman–Crippen LogP) is 0.795. The summed E-state index contributed by atoms with van der Waals surface area (Å²) in [5.41, 5.74) is 1.11. The Balaban J connectivity index is 1.84. The van der Waals surface area contributed by atoms with Crippen molar-refractivity contribution in [3.63, 3.8) is 0 Å². The molecule has 0 spiro atoms. The van der Waals surface area contributed by atoms with E-state index in [-0.39, 0.29) is 6.10 Å². The minimum atomic E-state index is 0.0458. The molecule has 1 N–H and O–H groups in total. The monoisotopic (exact) mass is 309 g/mol. The number of morpholine rings is 1. The van der Waals surface area contributed by atoms with Crippen LogP contribution in [0.1, 0.15) is 25.0 Å². The van der Waals surface area contributed by atoms with Crippen molar-refractivity contribution in [2.45, 2.75) is 19.4 Å². The van der Waals surface area contributed by atoms with Gasteiger partial charge >= 0.3 is 0 Å². The molecule has 1 unspecified atom stereocenters. The number of aromatic nitrogens is 2. The lowest BCUT2D eigenvalue weighted by molar-refractivity contribution is -0.00805. The molecule has 0 aliphatic carbocycles. The molecule has 1 aliphatic rings. The second-order valence-electron chi connectivity index (χ2n) is 5.28. The predicted molar refractivity (Wildman–Crippen MR) is 85.9 cm³/mol. The maximum absolute atomic E-state index is 5.86. The number of aryl methyl sites for hydroxylation is 1. The Hall–Kier alpha value is -1.60. The van der Waals surface area contributed by atoms with Gasteiger partial charge in [0.05, 0.1) is 19.3 Å². The lowest BCUT2D eigenvalue weighted by atomic mass is 10.1. The van der Waals surface area contributed by atoms with Gasteiger partial charge < -0.3 is 19.7 Å². The van der Waals surface area contributed by atoms with Crippen LogP contribution >= 0.6 is 0 Å². The molecule has 0 saturated carbocycles. The van der Waals surface area contributed by atoms with Crippen LogP contribution in [0.3, 0.4) is 0 Å². The molecular weight excluding hydrogens is 282 g/mol. The number of ether oxygens (including phenoxy) is 2. The fourth-order valence-corrected chi connectivity index (χ4v) is 2.50. The smallest absolute Gasteiger partial charge is 0.193 e. The minimum Gasteiger partial charge on any atom is -0.382 e. The van der Waals surface area contributed by atoms with Crippen molar-refractivity contribution in [3.8, 4) is 0 Å². The molecule has 1 aromatic rings. The number of hydrogen-bond donors (Lipinski definition) is 1. The molecule has 0 radical (unpaired) electrons. The highest BCUT2D eigenvalue weighted by Crippen LogP contribution is 2.21. The van der Waals surface area contributed by atoms with E-state index in [4.69, 9.17) is 9.47 Å². The quantitative estimate of drug-likeness (QED) is 0.478. The molecule has 22 heavy (non-hydrogen) atoms. The van der Waals surface area contributed by atoms with Gasteiger partial charge in [0.25, 0.3) is 0 Å². The fraction of sp³-hybridized carbons (Fsp3) is 0.733. The average molecular weight is 309 g/mol. The second-order valence-corrected chi connectivity index (χ2v) is 5.28. The van der Waals surface area contributed by atoms with Gasteiger partial charge in [-0.25, -0.2) is 0 Å². The molecule has 0 bridgehead atoms. The lowest BCUT2D eigenvalue weighted by Crippen LogP contribution is -2.48. The highest BCUT2D eigenvalue weighted by Gasteiger charge is 2.24. The third kappa shape index (κ3) is 4.71. The van der Waals surface area contributed by atoms with E-state index >= 15 is 0 Å². The Morgan fingerprint density at radius 2 is 2.45 bits per heavy atom. The summed E-state index contributed by atoms with van der Waals surface area (Å²) in [5.74, 6) is 0.925. The fourth-order valence-electron chi connectivity index (χ4n) is 2.50. The van der Waals surface area contributed by atoms with Gasteiger partial charge in [0, 0.05) is 52.2 Å². The zero-order valence-electron chi connectivity index (χ0n) is 13.8. The number of rotatable bonds is 6. The van der Waals surface area contributed by atoms with Crippen molar-refractivity contribution in [3.05, 3.63) is 18.0 Å². The summed E-state index contributed by atoms with van der Waals surface area (Å²) >= 11 is 0. The van der Waals surface area contributed by atoms with Gasteiger partial charge in [-0.15, -0.1) is 0 Å². The zero-order valence-corrected chi connectivity index (χ0v) is 13.8. The molecule has 2 heterocycles. The molecule has 1 fully saturated rings. The summed E-state index contributed by atoms with van der Waals surface area (Å²) in [5, 5.41) is 7.61. The van der Waals surface area contributed by atoms with Crippen LogP contribution in [0.2, 0.25) is 0 Å². The average Bonchev–Trinajstić information content (AvgIpc) is 2.98. The first-order valence-electron chi connectivity index (χ1n) is 7.88. The van der Waals surface area contributed by atoms with E-state index in [2.05, 4.69) is 20.3 Å². The number of hydrogen-bond acceptors (Lipinski definition) is 4. The van der Waals surface area contributed by atoms with Gasteiger partial charge in [-0.2, -0.15) is 5.10 Å². The van der Waals surface area contributed by atoms with Crippen LogP contribution in [0.5, 0.6) is 0 Å². The molecular formula is C15H27N5O2. The van der Waals surface area contributed by atoms with Crippen molar-refractivity contribution in [1.82, 2.24) is 20.0 Å². The maximum Gasteiger partial charge on any atom is 0.193 e. The Morgan fingerprint density at radius 1 is 1.59 bits per heavy atom. The molecule has 7 heteroatoms. The molecule has 0 amide bonds. The van der Waals surface area contributed by atoms with Crippen LogP contribution in [-0.4, -0.2) is 67.1 Å². The van der Waals surface area contributed by atoms with Crippen LogP contribution in [0, 0.1) is 0 Å². The summed E-state index contributed by atoms with van der Waals surface area (Å²) < 4.78 is 13.0. The number of aliphatic imine (C=N–C) groups is 1. The summed E-state index contributed by atoms with van der Waals surface area (Å²) in [7, 11) is 3.74. The van der Waals surface area contributed by atoms with Gasteiger partial charge in [-0.1, -0.05) is 0 Å². The second kappa shape index (κ2) is 8.75. The summed E-state index contributed by atoms with van der Waals surface area (Å²) in [6, 6.07) is 0. The SMILES string of the molecule is CCOCCCNC(=NC)N1CCOC(c2cnn(C)c2)C1. The third-order valence-corrected chi connectivity index (χ3v) is 3.63. The first-order valence-corrected chi connectivity index (χ1v) is 7.88. The van der Waals surface area contributed by atoms with Crippen LogP contribution in [0.25, 0.3) is 0 Å². The van der Waals surface area contributed by atoms with Crippen LogP contribution in [0.15, 0.2) is 17.4 Å². The van der Waals surface area contributed by atoms with Crippen molar-refractivity contribution in [2.75, 3.05) is 46.5 Å². The van der Waals surface area contributed by atoms with Crippen molar-refractivity contribution in [2.24, 2.45) is 12.0 Å². The van der Waals surface area contributed by atoms with Crippen LogP contribution in [0.4, 0.5) is 0 Å². The number of nitrogens with zero attached hydrogens (tertiary/aromatic N) is 4. The first-order chi connectivity index (χ1) is 10.7. The van der Waals surface area contributed by atoms with Crippen LogP contribution in [-0.2, 0) is 16.5 Å². The van der Waals surface area contributed by atoms with E-state index in [1.165, 1.54) is 0 Å². The molecule has 1 saturated heterocycles. The summed E-state index contributed by atoms with van der Waals surface area (Å²) in [6.45, 7) is 6.76. The molecule has 1 aromatic heterocycles. The van der Waals surface area contributed by atoms with Gasteiger partial charge in [0.1, 0.15) is 6.10 Å². The summed E-state index contributed by atoms with van der Waals surface area (Å²) in [6.07, 6.45) is 4.90. The Bertz CT molecular complexity index is 474. The zero-order chi connectivity index (χ0) is 15.8. The maximum atomic E-state index is 5.86. The molecule has 7 nitrogen and oxygen atoms in total. The molecule has 0 aromatic carbocycles. The number of nitrogens with one attached hydrogen (secondary N) is 1. The Labute approximate surface area is 132 Å². The van der Waals surface area contributed by atoms with Gasteiger partial charge in [0.2, 0.25) is 0 Å². The van der Waals surface area contributed by atoms with E-state index in [1.807, 2.05) is 33.4 Å².